The minimum absolute atomic E-state index is 0.108. The van der Waals surface area contributed by atoms with Crippen LogP contribution in [0.2, 0.25) is 0 Å². The molecule has 24 heavy (non-hydrogen) atoms. The third-order valence-electron chi connectivity index (χ3n) is 4.29. The Morgan fingerprint density at radius 3 is 2.62 bits per heavy atom. The van der Waals surface area contributed by atoms with Crippen molar-refractivity contribution >= 4 is 10.0 Å². The maximum Gasteiger partial charge on any atom is 0.279 e. The van der Waals surface area contributed by atoms with Crippen LogP contribution < -0.4 is 0 Å². The molecule has 0 amide bonds. The van der Waals surface area contributed by atoms with Crippen molar-refractivity contribution in [2.24, 2.45) is 0 Å². The van der Waals surface area contributed by atoms with Crippen molar-refractivity contribution in [2.45, 2.75) is 44.2 Å². The Kier molecular flexibility index (Phi) is 4.43. The molecule has 126 valence electrons. The van der Waals surface area contributed by atoms with Crippen LogP contribution in [0.4, 0.5) is 0 Å². The van der Waals surface area contributed by atoms with Gasteiger partial charge in [0.25, 0.3) is 15.1 Å². The summed E-state index contributed by atoms with van der Waals surface area (Å²) in [6.07, 6.45) is 2.62. The van der Waals surface area contributed by atoms with E-state index in [4.69, 9.17) is 4.42 Å². The lowest BCUT2D eigenvalue weighted by molar-refractivity contribution is 0.262. The van der Waals surface area contributed by atoms with Crippen molar-refractivity contribution in [3.05, 3.63) is 35.5 Å². The van der Waals surface area contributed by atoms with Crippen molar-refractivity contribution in [2.75, 3.05) is 6.54 Å². The Bertz CT molecular complexity index is 879. The highest BCUT2D eigenvalue weighted by atomic mass is 32.2. The van der Waals surface area contributed by atoms with Crippen LogP contribution in [0.1, 0.15) is 37.4 Å². The summed E-state index contributed by atoms with van der Waals surface area (Å²) in [5, 5.41) is 8.94. The fourth-order valence-electron chi connectivity index (χ4n) is 2.91. The molecule has 1 saturated heterocycles. The number of aryl methyl sites for hydroxylation is 1. The highest BCUT2D eigenvalue weighted by molar-refractivity contribution is 7.89. The molecule has 6 nitrogen and oxygen atoms in total. The molecule has 1 aromatic heterocycles. The molecule has 0 saturated carbocycles. The quantitative estimate of drug-likeness (QED) is 0.853. The molecule has 2 aromatic rings. The molecule has 1 aliphatic rings. The van der Waals surface area contributed by atoms with Crippen LogP contribution in [0.15, 0.2) is 33.8 Å². The average molecular weight is 345 g/mol. The van der Waals surface area contributed by atoms with Crippen LogP contribution in [0.3, 0.4) is 0 Å². The summed E-state index contributed by atoms with van der Waals surface area (Å²) in [6, 6.07) is 9.09. The van der Waals surface area contributed by atoms with Crippen molar-refractivity contribution in [1.82, 2.24) is 9.29 Å². The Morgan fingerprint density at radius 1 is 1.29 bits per heavy atom. The van der Waals surface area contributed by atoms with Gasteiger partial charge in [0, 0.05) is 18.2 Å². The van der Waals surface area contributed by atoms with Crippen LogP contribution in [0.25, 0.3) is 11.5 Å². The summed E-state index contributed by atoms with van der Waals surface area (Å²) in [6.45, 7) is 4.27. The number of rotatable bonds is 3. The zero-order valence-corrected chi connectivity index (χ0v) is 14.5. The molecule has 3 rings (SSSR count). The number of sulfonamides is 1. The standard InChI is InChI=1S/C17H19N3O3S/c1-12-6-8-14(9-7-12)16-19-15(11-18)17(23-16)24(21,22)20-10-4-3-5-13(20)2/h6-9,13H,3-5,10H2,1-2H3. The largest absolute Gasteiger partial charge is 0.422 e. The smallest absolute Gasteiger partial charge is 0.279 e. The maximum absolute atomic E-state index is 12.9. The first-order chi connectivity index (χ1) is 11.4. The molecule has 0 aliphatic carbocycles. The van der Waals surface area contributed by atoms with E-state index in [0.717, 1.165) is 24.8 Å². The van der Waals surface area contributed by atoms with E-state index < -0.39 is 10.0 Å². The van der Waals surface area contributed by atoms with Gasteiger partial charge in [-0.05, 0) is 38.8 Å². The van der Waals surface area contributed by atoms with Crippen LogP contribution in [0.5, 0.6) is 0 Å². The molecular weight excluding hydrogens is 326 g/mol. The van der Waals surface area contributed by atoms with E-state index >= 15 is 0 Å². The van der Waals surface area contributed by atoms with Gasteiger partial charge < -0.3 is 4.42 Å². The van der Waals surface area contributed by atoms with Crippen LogP contribution in [-0.2, 0) is 10.0 Å². The minimum atomic E-state index is -3.87. The zero-order chi connectivity index (χ0) is 17.3. The molecule has 2 heterocycles. The topological polar surface area (TPSA) is 87.2 Å². The van der Waals surface area contributed by atoms with E-state index in [9.17, 15) is 13.7 Å². The molecule has 1 aliphatic heterocycles. The molecule has 0 spiro atoms. The van der Waals surface area contributed by atoms with E-state index in [2.05, 4.69) is 4.98 Å². The fraction of sp³-hybridized carbons (Fsp3) is 0.412. The van der Waals surface area contributed by atoms with Crippen molar-refractivity contribution in [3.8, 4) is 17.5 Å². The van der Waals surface area contributed by atoms with Gasteiger partial charge in [0.1, 0.15) is 6.07 Å². The maximum atomic E-state index is 12.9. The van der Waals surface area contributed by atoms with E-state index in [1.807, 2.05) is 32.0 Å². The second-order valence-corrected chi connectivity index (χ2v) is 7.88. The van der Waals surface area contributed by atoms with Gasteiger partial charge in [-0.2, -0.15) is 14.6 Å². The number of oxazole rings is 1. The second-order valence-electron chi connectivity index (χ2n) is 6.09. The number of piperidine rings is 1. The predicted molar refractivity (Wildman–Crippen MR) is 88.6 cm³/mol. The van der Waals surface area contributed by atoms with Crippen molar-refractivity contribution in [3.63, 3.8) is 0 Å². The molecular formula is C17H19N3O3S. The highest BCUT2D eigenvalue weighted by Crippen LogP contribution is 2.30. The Hall–Kier alpha value is -2.17. The summed E-state index contributed by atoms with van der Waals surface area (Å²) in [4.78, 5) is 4.08. The van der Waals surface area contributed by atoms with Gasteiger partial charge in [0.05, 0.1) is 0 Å². The summed E-state index contributed by atoms with van der Waals surface area (Å²) < 4.78 is 32.8. The third kappa shape index (κ3) is 2.95. The number of hydrogen-bond acceptors (Lipinski definition) is 5. The molecule has 7 heteroatoms. The first-order valence-electron chi connectivity index (χ1n) is 7.93. The number of aromatic nitrogens is 1. The van der Waals surface area contributed by atoms with Gasteiger partial charge in [-0.15, -0.1) is 0 Å². The summed E-state index contributed by atoms with van der Waals surface area (Å²) in [7, 11) is -3.87. The van der Waals surface area contributed by atoms with Gasteiger partial charge in [0.15, 0.2) is 5.69 Å². The molecule has 0 radical (unpaired) electrons. The van der Waals surface area contributed by atoms with E-state index in [0.29, 0.717) is 12.1 Å². The number of nitrogens with zero attached hydrogens (tertiary/aromatic N) is 3. The average Bonchev–Trinajstić information content (AvgIpc) is 3.01. The highest BCUT2D eigenvalue weighted by Gasteiger charge is 2.36. The van der Waals surface area contributed by atoms with Gasteiger partial charge in [-0.1, -0.05) is 24.1 Å². The van der Waals surface area contributed by atoms with Crippen LogP contribution in [-0.4, -0.2) is 30.3 Å². The van der Waals surface area contributed by atoms with Crippen molar-refractivity contribution < 1.29 is 12.8 Å². The third-order valence-corrected chi connectivity index (χ3v) is 6.19. The number of hydrogen-bond donors (Lipinski definition) is 0. The SMILES string of the molecule is Cc1ccc(-c2nc(C#N)c(S(=O)(=O)N3CCCCC3C)o2)cc1. The first-order valence-corrected chi connectivity index (χ1v) is 9.37. The second kappa shape index (κ2) is 6.38. The number of nitriles is 1. The van der Waals surface area contributed by atoms with Crippen molar-refractivity contribution in [1.29, 1.82) is 5.26 Å². The van der Waals surface area contributed by atoms with Crippen LogP contribution >= 0.6 is 0 Å². The number of benzene rings is 1. The summed E-state index contributed by atoms with van der Waals surface area (Å²) in [5.41, 5.74) is 1.52. The van der Waals surface area contributed by atoms with Crippen LogP contribution in [0, 0.1) is 18.3 Å². The van der Waals surface area contributed by atoms with Gasteiger partial charge >= 0.3 is 0 Å². The Morgan fingerprint density at radius 2 is 2.00 bits per heavy atom. The lowest BCUT2D eigenvalue weighted by atomic mass is 10.1. The molecule has 0 N–H and O–H groups in total. The molecule has 1 atom stereocenters. The lowest BCUT2D eigenvalue weighted by Gasteiger charge is -2.31. The molecule has 1 unspecified atom stereocenters. The monoisotopic (exact) mass is 345 g/mol. The Labute approximate surface area is 141 Å². The van der Waals surface area contributed by atoms with E-state index in [1.54, 1.807) is 12.1 Å². The van der Waals surface area contributed by atoms with E-state index in [-0.39, 0.29) is 22.7 Å². The summed E-state index contributed by atoms with van der Waals surface area (Å²) >= 11 is 0. The lowest BCUT2D eigenvalue weighted by Crippen LogP contribution is -2.42. The molecule has 1 aromatic carbocycles. The fourth-order valence-corrected chi connectivity index (χ4v) is 4.59. The predicted octanol–water partition coefficient (Wildman–Crippen LogP) is 3.08. The van der Waals surface area contributed by atoms with E-state index in [1.165, 1.54) is 4.31 Å². The van der Waals surface area contributed by atoms with Gasteiger partial charge in [-0.3, -0.25) is 0 Å². The van der Waals surface area contributed by atoms with Gasteiger partial charge in [-0.25, -0.2) is 8.42 Å². The minimum Gasteiger partial charge on any atom is -0.422 e. The van der Waals surface area contributed by atoms with Gasteiger partial charge in [0.2, 0.25) is 5.89 Å². The first kappa shape index (κ1) is 16.7. The Balaban J connectivity index is 2.04. The molecule has 0 bridgehead atoms. The summed E-state index contributed by atoms with van der Waals surface area (Å²) in [5.74, 6) is 0.148. The zero-order valence-electron chi connectivity index (χ0n) is 13.7. The molecule has 1 fully saturated rings. The normalized spacial score (nSPS) is 19.1.